The molecule has 1 aliphatic heterocycles. The molecule has 102 valence electrons. The van der Waals surface area contributed by atoms with Crippen molar-refractivity contribution >= 4 is 11.7 Å². The minimum atomic E-state index is 0.0108. The predicted molar refractivity (Wildman–Crippen MR) is 73.7 cm³/mol. The van der Waals surface area contributed by atoms with Crippen molar-refractivity contribution < 1.29 is 4.79 Å². The molecule has 2 N–H and O–H groups in total. The summed E-state index contributed by atoms with van der Waals surface area (Å²) >= 11 is 0. The number of carbonyl (C=O) groups excluding carboxylic acids is 1. The molecule has 5 heteroatoms. The van der Waals surface area contributed by atoms with E-state index in [0.29, 0.717) is 11.4 Å². The summed E-state index contributed by atoms with van der Waals surface area (Å²) in [6.45, 7) is 4.74. The number of rotatable bonds is 3. The Balaban J connectivity index is 1.58. The van der Waals surface area contributed by atoms with Crippen LogP contribution >= 0.6 is 0 Å². The van der Waals surface area contributed by atoms with Crippen LogP contribution in [0.25, 0.3) is 0 Å². The molecule has 1 amide bonds. The van der Waals surface area contributed by atoms with Gasteiger partial charge in [-0.3, -0.25) is 9.69 Å². The maximum atomic E-state index is 12.3. The van der Waals surface area contributed by atoms with Crippen molar-refractivity contribution in [3.8, 4) is 0 Å². The molecule has 0 aromatic carbocycles. The third-order valence-corrected chi connectivity index (χ3v) is 3.94. The number of aromatic nitrogens is 1. The van der Waals surface area contributed by atoms with E-state index in [0.717, 1.165) is 32.1 Å². The van der Waals surface area contributed by atoms with Crippen LogP contribution in [0.4, 0.5) is 5.82 Å². The Morgan fingerprint density at radius 2 is 2.05 bits per heavy atom. The molecule has 1 saturated carbocycles. The molecule has 1 aromatic heterocycles. The Bertz CT molecular complexity index is 464. The van der Waals surface area contributed by atoms with Crippen LogP contribution in [0.15, 0.2) is 18.3 Å². The summed E-state index contributed by atoms with van der Waals surface area (Å²) < 4.78 is 0. The number of piperazine rings is 1. The van der Waals surface area contributed by atoms with E-state index in [4.69, 9.17) is 5.73 Å². The average Bonchev–Trinajstić information content (AvgIpc) is 3.23. The van der Waals surface area contributed by atoms with Gasteiger partial charge in [0.25, 0.3) is 5.91 Å². The van der Waals surface area contributed by atoms with Crippen LogP contribution < -0.4 is 5.73 Å². The van der Waals surface area contributed by atoms with Crippen molar-refractivity contribution in [1.29, 1.82) is 0 Å². The van der Waals surface area contributed by atoms with E-state index < -0.39 is 0 Å². The van der Waals surface area contributed by atoms with Crippen LogP contribution in [-0.2, 0) is 0 Å². The number of pyridine rings is 1. The lowest BCUT2D eigenvalue weighted by atomic mass is 10.2. The third-order valence-electron chi connectivity index (χ3n) is 3.94. The van der Waals surface area contributed by atoms with E-state index in [2.05, 4.69) is 9.88 Å². The van der Waals surface area contributed by atoms with Crippen molar-refractivity contribution in [2.45, 2.75) is 12.8 Å². The van der Waals surface area contributed by atoms with Gasteiger partial charge in [0.05, 0.1) is 5.56 Å². The van der Waals surface area contributed by atoms with Gasteiger partial charge >= 0.3 is 0 Å². The molecule has 0 bridgehead atoms. The van der Waals surface area contributed by atoms with Gasteiger partial charge in [-0.15, -0.1) is 0 Å². The summed E-state index contributed by atoms with van der Waals surface area (Å²) in [6, 6.07) is 3.51. The maximum Gasteiger partial charge on any atom is 0.257 e. The van der Waals surface area contributed by atoms with Crippen LogP contribution in [0.3, 0.4) is 0 Å². The average molecular weight is 260 g/mol. The minimum Gasteiger partial charge on any atom is -0.383 e. The van der Waals surface area contributed by atoms with Gasteiger partial charge in [0, 0.05) is 38.9 Å². The molecule has 2 aliphatic rings. The van der Waals surface area contributed by atoms with Gasteiger partial charge in [0.2, 0.25) is 0 Å². The van der Waals surface area contributed by atoms with E-state index in [1.807, 2.05) is 4.90 Å². The SMILES string of the molecule is Nc1ncccc1C(=O)N1CCN(CC2CC2)CC1. The molecule has 0 atom stereocenters. The van der Waals surface area contributed by atoms with Crippen molar-refractivity contribution in [3.05, 3.63) is 23.9 Å². The van der Waals surface area contributed by atoms with Gasteiger partial charge in [-0.2, -0.15) is 0 Å². The van der Waals surface area contributed by atoms with Crippen molar-refractivity contribution in [1.82, 2.24) is 14.8 Å². The number of hydrogen-bond donors (Lipinski definition) is 1. The zero-order chi connectivity index (χ0) is 13.2. The molecule has 19 heavy (non-hydrogen) atoms. The molecular weight excluding hydrogens is 240 g/mol. The molecule has 0 radical (unpaired) electrons. The largest absolute Gasteiger partial charge is 0.383 e. The number of carbonyl (C=O) groups is 1. The topological polar surface area (TPSA) is 62.5 Å². The highest BCUT2D eigenvalue weighted by atomic mass is 16.2. The quantitative estimate of drug-likeness (QED) is 0.874. The molecule has 0 spiro atoms. The molecule has 5 nitrogen and oxygen atoms in total. The van der Waals surface area contributed by atoms with Gasteiger partial charge in [-0.05, 0) is 30.9 Å². The molecule has 1 saturated heterocycles. The fraction of sp³-hybridized carbons (Fsp3) is 0.571. The molecule has 2 heterocycles. The third kappa shape index (κ3) is 2.87. The first-order chi connectivity index (χ1) is 9.24. The lowest BCUT2D eigenvalue weighted by Gasteiger charge is -2.34. The number of anilines is 1. The summed E-state index contributed by atoms with van der Waals surface area (Å²) in [4.78, 5) is 20.7. The molecule has 3 rings (SSSR count). The Morgan fingerprint density at radius 3 is 2.68 bits per heavy atom. The monoisotopic (exact) mass is 260 g/mol. The van der Waals surface area contributed by atoms with E-state index in [-0.39, 0.29) is 5.91 Å². The van der Waals surface area contributed by atoms with Crippen LogP contribution in [0.2, 0.25) is 0 Å². The van der Waals surface area contributed by atoms with Crippen molar-refractivity contribution in [2.24, 2.45) is 5.92 Å². The highest BCUT2D eigenvalue weighted by Gasteiger charge is 2.28. The van der Waals surface area contributed by atoms with Crippen LogP contribution in [0.1, 0.15) is 23.2 Å². The molecule has 2 fully saturated rings. The van der Waals surface area contributed by atoms with Gasteiger partial charge in [0.15, 0.2) is 0 Å². The Kier molecular flexibility index (Phi) is 3.38. The number of nitrogens with two attached hydrogens (primary N) is 1. The number of nitrogens with zero attached hydrogens (tertiary/aromatic N) is 3. The first kappa shape index (κ1) is 12.4. The zero-order valence-corrected chi connectivity index (χ0v) is 11.1. The molecule has 1 aliphatic carbocycles. The van der Waals surface area contributed by atoms with Gasteiger partial charge in [0.1, 0.15) is 5.82 Å². The minimum absolute atomic E-state index is 0.0108. The fourth-order valence-electron chi connectivity index (χ4n) is 2.57. The Morgan fingerprint density at radius 1 is 1.32 bits per heavy atom. The van der Waals surface area contributed by atoms with E-state index >= 15 is 0 Å². The molecular formula is C14H20N4O. The zero-order valence-electron chi connectivity index (χ0n) is 11.1. The Hall–Kier alpha value is -1.62. The van der Waals surface area contributed by atoms with Crippen LogP contribution in [0, 0.1) is 5.92 Å². The number of hydrogen-bond acceptors (Lipinski definition) is 4. The van der Waals surface area contributed by atoms with E-state index in [1.165, 1.54) is 19.4 Å². The normalized spacial score (nSPS) is 20.5. The lowest BCUT2D eigenvalue weighted by molar-refractivity contribution is 0.0632. The lowest BCUT2D eigenvalue weighted by Crippen LogP contribution is -2.49. The van der Waals surface area contributed by atoms with Gasteiger partial charge < -0.3 is 10.6 Å². The standard InChI is InChI=1S/C14H20N4O/c15-13-12(2-1-5-16-13)14(19)18-8-6-17(7-9-18)10-11-3-4-11/h1-2,5,11H,3-4,6-10H2,(H2,15,16). The van der Waals surface area contributed by atoms with Crippen LogP contribution in [0.5, 0.6) is 0 Å². The van der Waals surface area contributed by atoms with E-state index in [9.17, 15) is 4.79 Å². The highest BCUT2D eigenvalue weighted by molar-refractivity contribution is 5.98. The summed E-state index contributed by atoms with van der Waals surface area (Å²) in [5.74, 6) is 1.25. The number of nitrogen functional groups attached to an aromatic ring is 1. The van der Waals surface area contributed by atoms with Gasteiger partial charge in [-0.25, -0.2) is 4.98 Å². The summed E-state index contributed by atoms with van der Waals surface area (Å²) in [6.07, 6.45) is 4.37. The summed E-state index contributed by atoms with van der Waals surface area (Å²) in [5.41, 5.74) is 6.29. The first-order valence-corrected chi connectivity index (χ1v) is 6.96. The first-order valence-electron chi connectivity index (χ1n) is 6.96. The molecule has 0 unspecified atom stereocenters. The van der Waals surface area contributed by atoms with E-state index in [1.54, 1.807) is 18.3 Å². The number of amides is 1. The highest BCUT2D eigenvalue weighted by Crippen LogP contribution is 2.30. The van der Waals surface area contributed by atoms with Gasteiger partial charge in [-0.1, -0.05) is 0 Å². The maximum absolute atomic E-state index is 12.3. The second-order valence-electron chi connectivity index (χ2n) is 5.47. The van der Waals surface area contributed by atoms with Crippen molar-refractivity contribution in [2.75, 3.05) is 38.5 Å². The summed E-state index contributed by atoms with van der Waals surface area (Å²) in [5, 5.41) is 0. The Labute approximate surface area is 113 Å². The smallest absolute Gasteiger partial charge is 0.257 e. The summed E-state index contributed by atoms with van der Waals surface area (Å²) in [7, 11) is 0. The fourth-order valence-corrected chi connectivity index (χ4v) is 2.57. The molecule has 1 aromatic rings. The second-order valence-corrected chi connectivity index (χ2v) is 5.47. The van der Waals surface area contributed by atoms with Crippen molar-refractivity contribution in [3.63, 3.8) is 0 Å². The predicted octanol–water partition coefficient (Wildman–Crippen LogP) is 0.832. The van der Waals surface area contributed by atoms with Crippen LogP contribution in [-0.4, -0.2) is 53.4 Å². The second kappa shape index (κ2) is 5.17.